The third kappa shape index (κ3) is 3.79. The first-order chi connectivity index (χ1) is 8.23. The van der Waals surface area contributed by atoms with Crippen LogP contribution in [-0.4, -0.2) is 29.7 Å². The standard InChI is InChI=1S/C15H24FNO/c1-11(12-8-6-7-9-13(12)16)17(5)10-14(18)15(2,3)4/h6-9,11,14,18H,10H2,1-5H3. The molecule has 3 heteroatoms. The van der Waals surface area contributed by atoms with E-state index in [9.17, 15) is 9.50 Å². The number of rotatable bonds is 4. The Morgan fingerprint density at radius 2 is 1.83 bits per heavy atom. The SMILES string of the molecule is CC(c1ccccc1F)N(C)CC(O)C(C)(C)C. The van der Waals surface area contributed by atoms with Crippen LogP contribution in [0.25, 0.3) is 0 Å². The summed E-state index contributed by atoms with van der Waals surface area (Å²) >= 11 is 0. The van der Waals surface area contributed by atoms with Crippen LogP contribution in [0, 0.1) is 11.2 Å². The zero-order valence-corrected chi connectivity index (χ0v) is 11.9. The van der Waals surface area contributed by atoms with E-state index >= 15 is 0 Å². The maximum absolute atomic E-state index is 13.7. The van der Waals surface area contributed by atoms with Gasteiger partial charge in [0.25, 0.3) is 0 Å². The maximum atomic E-state index is 13.7. The Balaban J connectivity index is 2.73. The highest BCUT2D eigenvalue weighted by atomic mass is 19.1. The molecule has 0 aliphatic rings. The van der Waals surface area contributed by atoms with Gasteiger partial charge >= 0.3 is 0 Å². The predicted octanol–water partition coefficient (Wildman–Crippen LogP) is 3.23. The minimum absolute atomic E-state index is 0.0526. The van der Waals surface area contributed by atoms with Crippen LogP contribution in [0.15, 0.2) is 24.3 Å². The van der Waals surface area contributed by atoms with Crippen LogP contribution in [0.2, 0.25) is 0 Å². The smallest absolute Gasteiger partial charge is 0.127 e. The minimum Gasteiger partial charge on any atom is -0.391 e. The Labute approximate surface area is 109 Å². The van der Waals surface area contributed by atoms with Crippen LogP contribution in [0.1, 0.15) is 39.3 Å². The molecule has 0 amide bonds. The van der Waals surface area contributed by atoms with E-state index in [0.717, 1.165) is 0 Å². The van der Waals surface area contributed by atoms with Gasteiger partial charge in [-0.2, -0.15) is 0 Å². The molecule has 1 N–H and O–H groups in total. The molecule has 102 valence electrons. The zero-order chi connectivity index (χ0) is 13.9. The molecule has 0 aliphatic carbocycles. The molecule has 0 saturated heterocycles. The first-order valence-electron chi connectivity index (χ1n) is 6.36. The van der Waals surface area contributed by atoms with Crippen LogP contribution < -0.4 is 0 Å². The molecule has 0 fully saturated rings. The van der Waals surface area contributed by atoms with E-state index in [4.69, 9.17) is 0 Å². The molecular formula is C15H24FNO. The quantitative estimate of drug-likeness (QED) is 0.890. The summed E-state index contributed by atoms with van der Waals surface area (Å²) in [7, 11) is 1.91. The number of benzene rings is 1. The van der Waals surface area contributed by atoms with Gasteiger partial charge in [-0.1, -0.05) is 39.0 Å². The summed E-state index contributed by atoms with van der Waals surface area (Å²) in [6.45, 7) is 8.48. The fourth-order valence-corrected chi connectivity index (χ4v) is 1.76. The molecule has 0 heterocycles. The first kappa shape index (κ1) is 15.1. The van der Waals surface area contributed by atoms with E-state index in [1.807, 2.05) is 45.7 Å². The van der Waals surface area contributed by atoms with E-state index < -0.39 is 6.10 Å². The molecule has 0 saturated carbocycles. The lowest BCUT2D eigenvalue weighted by Crippen LogP contribution is -2.38. The molecule has 2 atom stereocenters. The summed E-state index contributed by atoms with van der Waals surface area (Å²) in [6.07, 6.45) is -0.434. The van der Waals surface area contributed by atoms with Crippen molar-refractivity contribution in [3.63, 3.8) is 0 Å². The van der Waals surface area contributed by atoms with Gasteiger partial charge in [-0.3, -0.25) is 4.90 Å². The molecule has 0 radical (unpaired) electrons. The van der Waals surface area contributed by atoms with Crippen molar-refractivity contribution in [3.8, 4) is 0 Å². The van der Waals surface area contributed by atoms with Gasteiger partial charge in [0.05, 0.1) is 6.10 Å². The minimum atomic E-state index is -0.434. The van der Waals surface area contributed by atoms with Crippen molar-refractivity contribution in [1.82, 2.24) is 4.90 Å². The second kappa shape index (κ2) is 5.81. The summed E-state index contributed by atoms with van der Waals surface area (Å²) in [5.41, 5.74) is 0.504. The Morgan fingerprint density at radius 3 is 2.33 bits per heavy atom. The lowest BCUT2D eigenvalue weighted by atomic mass is 9.88. The molecule has 0 bridgehead atoms. The predicted molar refractivity (Wildman–Crippen MR) is 72.9 cm³/mol. The monoisotopic (exact) mass is 253 g/mol. The highest BCUT2D eigenvalue weighted by Gasteiger charge is 2.25. The lowest BCUT2D eigenvalue weighted by molar-refractivity contribution is 0.0257. The van der Waals surface area contributed by atoms with Gasteiger partial charge in [-0.05, 0) is 25.5 Å². The molecule has 2 unspecified atom stereocenters. The van der Waals surface area contributed by atoms with E-state index in [0.29, 0.717) is 12.1 Å². The molecule has 0 aliphatic heterocycles. The number of likely N-dealkylation sites (N-methyl/N-ethyl adjacent to an activating group) is 1. The molecular weight excluding hydrogens is 229 g/mol. The van der Waals surface area contributed by atoms with Crippen LogP contribution in [0.3, 0.4) is 0 Å². The summed E-state index contributed by atoms with van der Waals surface area (Å²) in [6, 6.07) is 6.74. The average Bonchev–Trinajstić information content (AvgIpc) is 2.27. The Kier molecular flexibility index (Phi) is 4.88. The van der Waals surface area contributed by atoms with Gasteiger partial charge in [0, 0.05) is 18.2 Å². The Morgan fingerprint density at radius 1 is 1.28 bits per heavy atom. The summed E-state index contributed by atoms with van der Waals surface area (Å²) < 4.78 is 13.7. The number of hydrogen-bond acceptors (Lipinski definition) is 2. The van der Waals surface area contributed by atoms with Gasteiger partial charge in [0.15, 0.2) is 0 Å². The van der Waals surface area contributed by atoms with E-state index in [1.165, 1.54) is 6.07 Å². The fourth-order valence-electron chi connectivity index (χ4n) is 1.76. The van der Waals surface area contributed by atoms with Crippen LogP contribution in [0.5, 0.6) is 0 Å². The largest absolute Gasteiger partial charge is 0.391 e. The van der Waals surface area contributed by atoms with E-state index in [2.05, 4.69) is 0 Å². The van der Waals surface area contributed by atoms with Gasteiger partial charge < -0.3 is 5.11 Å². The highest BCUT2D eigenvalue weighted by Crippen LogP contribution is 2.25. The van der Waals surface area contributed by atoms with Crippen LogP contribution >= 0.6 is 0 Å². The van der Waals surface area contributed by atoms with Crippen molar-refractivity contribution in [3.05, 3.63) is 35.6 Å². The van der Waals surface area contributed by atoms with Crippen molar-refractivity contribution in [2.45, 2.75) is 39.8 Å². The van der Waals surface area contributed by atoms with Crippen LogP contribution in [-0.2, 0) is 0 Å². The highest BCUT2D eigenvalue weighted by molar-refractivity contribution is 5.20. The van der Waals surface area contributed by atoms with Crippen molar-refractivity contribution in [2.75, 3.05) is 13.6 Å². The lowest BCUT2D eigenvalue weighted by Gasteiger charge is -2.33. The van der Waals surface area contributed by atoms with Gasteiger partial charge in [0.2, 0.25) is 0 Å². The number of halogens is 1. The van der Waals surface area contributed by atoms with Crippen LogP contribution in [0.4, 0.5) is 4.39 Å². The van der Waals surface area contributed by atoms with Crippen molar-refractivity contribution in [1.29, 1.82) is 0 Å². The van der Waals surface area contributed by atoms with Gasteiger partial charge in [0.1, 0.15) is 5.82 Å². The number of aliphatic hydroxyl groups is 1. The van der Waals surface area contributed by atoms with Gasteiger partial charge in [-0.25, -0.2) is 4.39 Å². The van der Waals surface area contributed by atoms with Crippen molar-refractivity contribution < 1.29 is 9.50 Å². The molecule has 1 aromatic carbocycles. The molecule has 18 heavy (non-hydrogen) atoms. The summed E-state index contributed by atoms with van der Waals surface area (Å²) in [5, 5.41) is 10.1. The zero-order valence-electron chi connectivity index (χ0n) is 11.9. The van der Waals surface area contributed by atoms with E-state index in [-0.39, 0.29) is 17.3 Å². The average molecular weight is 253 g/mol. The summed E-state index contributed by atoms with van der Waals surface area (Å²) in [4.78, 5) is 1.98. The molecule has 0 aromatic heterocycles. The Bertz CT molecular complexity index is 386. The Hall–Kier alpha value is -0.930. The molecule has 0 spiro atoms. The van der Waals surface area contributed by atoms with E-state index in [1.54, 1.807) is 12.1 Å². The fraction of sp³-hybridized carbons (Fsp3) is 0.600. The normalized spacial score (nSPS) is 15.8. The third-order valence-corrected chi connectivity index (χ3v) is 3.48. The second-order valence-electron chi connectivity index (χ2n) is 6.02. The number of hydrogen-bond donors (Lipinski definition) is 1. The topological polar surface area (TPSA) is 23.5 Å². The van der Waals surface area contributed by atoms with Crippen molar-refractivity contribution in [2.24, 2.45) is 5.41 Å². The molecule has 1 rings (SSSR count). The second-order valence-corrected chi connectivity index (χ2v) is 6.02. The third-order valence-electron chi connectivity index (χ3n) is 3.48. The number of aliphatic hydroxyl groups excluding tert-OH is 1. The molecule has 2 nitrogen and oxygen atoms in total. The summed E-state index contributed by atoms with van der Waals surface area (Å²) in [5.74, 6) is -0.193. The molecule has 1 aromatic rings. The van der Waals surface area contributed by atoms with Crippen molar-refractivity contribution >= 4 is 0 Å². The first-order valence-corrected chi connectivity index (χ1v) is 6.36. The van der Waals surface area contributed by atoms with Gasteiger partial charge in [-0.15, -0.1) is 0 Å². The maximum Gasteiger partial charge on any atom is 0.127 e. The number of nitrogens with zero attached hydrogens (tertiary/aromatic N) is 1.